The summed E-state index contributed by atoms with van der Waals surface area (Å²) in [5, 5.41) is 2.90. The van der Waals surface area contributed by atoms with Crippen LogP contribution in [0.3, 0.4) is 0 Å². The Balaban J connectivity index is 1.57. The van der Waals surface area contributed by atoms with Crippen LogP contribution in [0.5, 0.6) is 5.75 Å². The van der Waals surface area contributed by atoms with Crippen LogP contribution in [-0.4, -0.2) is 61.4 Å². The lowest BCUT2D eigenvalue weighted by molar-refractivity contribution is 0.0664. The van der Waals surface area contributed by atoms with Gasteiger partial charge >= 0.3 is 0 Å². The molecule has 0 saturated carbocycles. The normalized spacial score (nSPS) is 14.3. The zero-order chi connectivity index (χ0) is 20.6. The Kier molecular flexibility index (Phi) is 7.03. The van der Waals surface area contributed by atoms with Gasteiger partial charge in [-0.2, -0.15) is 0 Å². The zero-order valence-corrected chi connectivity index (χ0v) is 16.8. The van der Waals surface area contributed by atoms with Crippen molar-refractivity contribution in [3.05, 3.63) is 77.9 Å². The van der Waals surface area contributed by atoms with E-state index in [2.05, 4.69) is 23.8 Å². The van der Waals surface area contributed by atoms with E-state index < -0.39 is 0 Å². The highest BCUT2D eigenvalue weighted by Crippen LogP contribution is 2.18. The Morgan fingerprint density at radius 3 is 2.45 bits per heavy atom. The van der Waals surface area contributed by atoms with Crippen molar-refractivity contribution in [2.24, 2.45) is 0 Å². The molecule has 1 fully saturated rings. The van der Waals surface area contributed by atoms with Crippen LogP contribution in [0, 0.1) is 0 Å². The minimum atomic E-state index is -0.206. The lowest BCUT2D eigenvalue weighted by Gasteiger charge is -2.32. The van der Waals surface area contributed by atoms with E-state index >= 15 is 0 Å². The molecule has 2 aromatic rings. The number of ether oxygens (including phenoxy) is 1. The van der Waals surface area contributed by atoms with Crippen LogP contribution >= 0.6 is 0 Å². The standard InChI is InChI=1S/C23H27N3O3/c1-3-16-29-21-7-5-4-6-20(21)22(27)24-17-18-8-10-19(11-9-18)23(28)26-14-12-25(2)13-15-26/h3-11H,1,12-17H2,2H3,(H,24,27). The molecule has 1 saturated heterocycles. The number of nitrogens with one attached hydrogen (secondary N) is 1. The first kappa shape index (κ1) is 20.6. The molecule has 0 aliphatic carbocycles. The molecule has 0 spiro atoms. The molecule has 29 heavy (non-hydrogen) atoms. The van der Waals surface area contributed by atoms with Crippen molar-refractivity contribution in [1.29, 1.82) is 0 Å². The molecule has 1 aliphatic heterocycles. The number of nitrogens with zero attached hydrogens (tertiary/aromatic N) is 2. The van der Waals surface area contributed by atoms with Gasteiger partial charge < -0.3 is 19.9 Å². The molecular weight excluding hydrogens is 366 g/mol. The number of benzene rings is 2. The Morgan fingerprint density at radius 2 is 1.76 bits per heavy atom. The van der Waals surface area contributed by atoms with Gasteiger partial charge in [-0.3, -0.25) is 9.59 Å². The highest BCUT2D eigenvalue weighted by Gasteiger charge is 2.20. The SMILES string of the molecule is C=CCOc1ccccc1C(=O)NCc1ccc(C(=O)N2CCN(C)CC2)cc1. The minimum Gasteiger partial charge on any atom is -0.489 e. The first-order valence-corrected chi connectivity index (χ1v) is 9.76. The Bertz CT molecular complexity index is 856. The average Bonchev–Trinajstić information content (AvgIpc) is 2.76. The quantitative estimate of drug-likeness (QED) is 0.735. The number of carbonyl (C=O) groups is 2. The minimum absolute atomic E-state index is 0.0574. The molecule has 152 valence electrons. The van der Waals surface area contributed by atoms with Crippen molar-refractivity contribution in [1.82, 2.24) is 15.1 Å². The summed E-state index contributed by atoms with van der Waals surface area (Å²) in [4.78, 5) is 29.2. The van der Waals surface area contributed by atoms with E-state index in [0.717, 1.165) is 31.7 Å². The second-order valence-electron chi connectivity index (χ2n) is 7.07. The van der Waals surface area contributed by atoms with E-state index in [1.165, 1.54) is 0 Å². The number of amides is 2. The molecule has 1 N–H and O–H groups in total. The molecule has 6 nitrogen and oxygen atoms in total. The van der Waals surface area contributed by atoms with Gasteiger partial charge in [-0.15, -0.1) is 0 Å². The van der Waals surface area contributed by atoms with Crippen molar-refractivity contribution in [2.75, 3.05) is 39.8 Å². The van der Waals surface area contributed by atoms with Gasteiger partial charge in [-0.25, -0.2) is 0 Å². The van der Waals surface area contributed by atoms with Gasteiger partial charge in [0.15, 0.2) is 0 Å². The van der Waals surface area contributed by atoms with Gasteiger partial charge in [0, 0.05) is 38.3 Å². The number of hydrogen-bond donors (Lipinski definition) is 1. The van der Waals surface area contributed by atoms with Crippen LogP contribution in [0.25, 0.3) is 0 Å². The molecule has 0 atom stereocenters. The molecule has 3 rings (SSSR count). The van der Waals surface area contributed by atoms with E-state index in [0.29, 0.717) is 30.0 Å². The molecule has 6 heteroatoms. The summed E-state index contributed by atoms with van der Waals surface area (Å²) in [7, 11) is 2.06. The average molecular weight is 393 g/mol. The summed E-state index contributed by atoms with van der Waals surface area (Å²) < 4.78 is 5.54. The number of hydrogen-bond acceptors (Lipinski definition) is 4. The first-order chi connectivity index (χ1) is 14.1. The van der Waals surface area contributed by atoms with Gasteiger partial charge in [-0.05, 0) is 36.9 Å². The monoisotopic (exact) mass is 393 g/mol. The highest BCUT2D eigenvalue weighted by molar-refractivity contribution is 5.97. The Labute approximate surface area is 171 Å². The van der Waals surface area contributed by atoms with Crippen LogP contribution in [0.1, 0.15) is 26.3 Å². The number of likely N-dealkylation sites (N-methyl/N-ethyl adjacent to an activating group) is 1. The fraction of sp³-hybridized carbons (Fsp3) is 0.304. The Morgan fingerprint density at radius 1 is 1.07 bits per heavy atom. The summed E-state index contributed by atoms with van der Waals surface area (Å²) in [6.07, 6.45) is 1.64. The van der Waals surface area contributed by atoms with Gasteiger partial charge in [0.05, 0.1) is 5.56 Å². The molecule has 0 unspecified atom stereocenters. The van der Waals surface area contributed by atoms with Crippen molar-refractivity contribution in [2.45, 2.75) is 6.54 Å². The number of para-hydroxylation sites is 1. The van der Waals surface area contributed by atoms with Crippen LogP contribution in [0.4, 0.5) is 0 Å². The van der Waals surface area contributed by atoms with Crippen LogP contribution in [0.15, 0.2) is 61.2 Å². The predicted octanol–water partition coefficient (Wildman–Crippen LogP) is 2.57. The maximum atomic E-state index is 12.6. The molecular formula is C23H27N3O3. The van der Waals surface area contributed by atoms with E-state index in [1.807, 2.05) is 35.2 Å². The van der Waals surface area contributed by atoms with Crippen LogP contribution < -0.4 is 10.1 Å². The molecule has 1 aliphatic rings. The van der Waals surface area contributed by atoms with E-state index in [1.54, 1.807) is 24.3 Å². The summed E-state index contributed by atoms with van der Waals surface area (Å²) in [5.41, 5.74) is 2.08. The summed E-state index contributed by atoms with van der Waals surface area (Å²) >= 11 is 0. The first-order valence-electron chi connectivity index (χ1n) is 9.76. The summed E-state index contributed by atoms with van der Waals surface area (Å²) in [6, 6.07) is 14.5. The second-order valence-corrected chi connectivity index (χ2v) is 7.07. The van der Waals surface area contributed by atoms with Crippen LogP contribution in [-0.2, 0) is 6.54 Å². The van der Waals surface area contributed by atoms with Crippen LogP contribution in [0.2, 0.25) is 0 Å². The van der Waals surface area contributed by atoms with E-state index in [-0.39, 0.29) is 11.8 Å². The molecule has 0 aromatic heterocycles. The van der Waals surface area contributed by atoms with Gasteiger partial charge in [-0.1, -0.05) is 36.9 Å². The largest absolute Gasteiger partial charge is 0.489 e. The molecule has 0 radical (unpaired) electrons. The van der Waals surface area contributed by atoms with E-state index in [9.17, 15) is 9.59 Å². The van der Waals surface area contributed by atoms with Crippen molar-refractivity contribution in [3.63, 3.8) is 0 Å². The number of rotatable bonds is 7. The molecule has 1 heterocycles. The maximum absolute atomic E-state index is 12.6. The fourth-order valence-corrected chi connectivity index (χ4v) is 3.16. The number of piperazine rings is 1. The molecule has 2 aromatic carbocycles. The third kappa shape index (κ3) is 5.45. The molecule has 2 amide bonds. The summed E-state index contributed by atoms with van der Waals surface area (Å²) in [6.45, 7) is 7.63. The lowest BCUT2D eigenvalue weighted by Crippen LogP contribution is -2.47. The Hall–Kier alpha value is -3.12. The smallest absolute Gasteiger partial charge is 0.255 e. The van der Waals surface area contributed by atoms with Gasteiger partial charge in [0.2, 0.25) is 0 Å². The van der Waals surface area contributed by atoms with Crippen molar-refractivity contribution in [3.8, 4) is 5.75 Å². The third-order valence-electron chi connectivity index (χ3n) is 4.93. The predicted molar refractivity (Wildman–Crippen MR) is 113 cm³/mol. The fourth-order valence-electron chi connectivity index (χ4n) is 3.16. The van der Waals surface area contributed by atoms with Crippen molar-refractivity contribution >= 4 is 11.8 Å². The maximum Gasteiger partial charge on any atom is 0.255 e. The van der Waals surface area contributed by atoms with E-state index in [4.69, 9.17) is 4.74 Å². The third-order valence-corrected chi connectivity index (χ3v) is 4.93. The zero-order valence-electron chi connectivity index (χ0n) is 16.8. The topological polar surface area (TPSA) is 61.9 Å². The van der Waals surface area contributed by atoms with Crippen molar-refractivity contribution < 1.29 is 14.3 Å². The molecule has 0 bridgehead atoms. The summed E-state index contributed by atoms with van der Waals surface area (Å²) in [5.74, 6) is 0.377. The highest BCUT2D eigenvalue weighted by atomic mass is 16.5. The van der Waals surface area contributed by atoms with Gasteiger partial charge in [0.25, 0.3) is 11.8 Å². The lowest BCUT2D eigenvalue weighted by atomic mass is 10.1. The van der Waals surface area contributed by atoms with Gasteiger partial charge in [0.1, 0.15) is 12.4 Å². The number of carbonyl (C=O) groups excluding carboxylic acids is 2. The second kappa shape index (κ2) is 9.89.